The molecular formula is C12H16FNO. The van der Waals surface area contributed by atoms with E-state index >= 15 is 0 Å². The molecule has 1 rings (SSSR count). The van der Waals surface area contributed by atoms with Gasteiger partial charge >= 0.3 is 0 Å². The Labute approximate surface area is 89.5 Å². The van der Waals surface area contributed by atoms with Crippen molar-refractivity contribution >= 4 is 5.78 Å². The standard InChI is InChI=1S/C12H16FNO/c1-9(2)4-3-5-12(15)10-6-11(13)8-14-7-10/h6-9H,3-5H2,1-2H3. The van der Waals surface area contributed by atoms with Crippen LogP contribution in [0, 0.1) is 11.7 Å². The maximum Gasteiger partial charge on any atom is 0.164 e. The molecule has 0 atom stereocenters. The summed E-state index contributed by atoms with van der Waals surface area (Å²) < 4.78 is 12.8. The van der Waals surface area contributed by atoms with E-state index in [1.807, 2.05) is 0 Å². The van der Waals surface area contributed by atoms with E-state index in [1.165, 1.54) is 12.3 Å². The molecule has 0 N–H and O–H groups in total. The molecule has 3 heteroatoms. The van der Waals surface area contributed by atoms with Gasteiger partial charge in [-0.1, -0.05) is 20.3 Å². The van der Waals surface area contributed by atoms with Crippen LogP contribution in [0.25, 0.3) is 0 Å². The molecule has 1 aromatic heterocycles. The highest BCUT2D eigenvalue weighted by Crippen LogP contribution is 2.10. The number of pyridine rings is 1. The fourth-order valence-electron chi connectivity index (χ4n) is 1.38. The first kappa shape index (κ1) is 11.8. The number of ketones is 1. The highest BCUT2D eigenvalue weighted by atomic mass is 19.1. The Bertz CT molecular complexity index is 336. The van der Waals surface area contributed by atoms with E-state index in [2.05, 4.69) is 18.8 Å². The van der Waals surface area contributed by atoms with Crippen molar-refractivity contribution in [1.82, 2.24) is 4.98 Å². The maximum atomic E-state index is 12.8. The van der Waals surface area contributed by atoms with Crippen LogP contribution in [0.4, 0.5) is 4.39 Å². The molecule has 0 amide bonds. The van der Waals surface area contributed by atoms with Crippen molar-refractivity contribution in [1.29, 1.82) is 0 Å². The van der Waals surface area contributed by atoms with E-state index in [0.717, 1.165) is 19.0 Å². The predicted octanol–water partition coefficient (Wildman–Crippen LogP) is 3.23. The Morgan fingerprint density at radius 3 is 2.80 bits per heavy atom. The van der Waals surface area contributed by atoms with Gasteiger partial charge in [-0.2, -0.15) is 0 Å². The summed E-state index contributed by atoms with van der Waals surface area (Å²) in [5, 5.41) is 0. The quantitative estimate of drug-likeness (QED) is 0.697. The Morgan fingerprint density at radius 2 is 2.20 bits per heavy atom. The second kappa shape index (κ2) is 5.59. The topological polar surface area (TPSA) is 30.0 Å². The van der Waals surface area contributed by atoms with Crippen LogP contribution >= 0.6 is 0 Å². The van der Waals surface area contributed by atoms with E-state index in [0.29, 0.717) is 17.9 Å². The highest BCUT2D eigenvalue weighted by Gasteiger charge is 2.07. The van der Waals surface area contributed by atoms with Crippen LogP contribution in [-0.2, 0) is 0 Å². The maximum absolute atomic E-state index is 12.8. The Hall–Kier alpha value is -1.25. The lowest BCUT2D eigenvalue weighted by atomic mass is 10.0. The summed E-state index contributed by atoms with van der Waals surface area (Å²) >= 11 is 0. The summed E-state index contributed by atoms with van der Waals surface area (Å²) in [6.45, 7) is 4.24. The number of nitrogens with zero attached hydrogens (tertiary/aromatic N) is 1. The van der Waals surface area contributed by atoms with Gasteiger partial charge in [-0.05, 0) is 18.4 Å². The van der Waals surface area contributed by atoms with Crippen molar-refractivity contribution in [3.8, 4) is 0 Å². The molecule has 1 heterocycles. The predicted molar refractivity (Wildman–Crippen MR) is 57.2 cm³/mol. The third-order valence-electron chi connectivity index (χ3n) is 2.21. The van der Waals surface area contributed by atoms with E-state index < -0.39 is 5.82 Å². The monoisotopic (exact) mass is 209 g/mol. The fourth-order valence-corrected chi connectivity index (χ4v) is 1.38. The minimum absolute atomic E-state index is 0.0253. The van der Waals surface area contributed by atoms with Gasteiger partial charge in [0.15, 0.2) is 5.78 Å². The number of halogens is 1. The molecule has 2 nitrogen and oxygen atoms in total. The van der Waals surface area contributed by atoms with Crippen molar-refractivity contribution in [2.45, 2.75) is 33.1 Å². The molecule has 1 aromatic rings. The van der Waals surface area contributed by atoms with Crippen LogP contribution in [-0.4, -0.2) is 10.8 Å². The van der Waals surface area contributed by atoms with Crippen molar-refractivity contribution in [2.75, 3.05) is 0 Å². The zero-order valence-corrected chi connectivity index (χ0v) is 9.16. The lowest BCUT2D eigenvalue weighted by Gasteiger charge is -2.03. The summed E-state index contributed by atoms with van der Waals surface area (Å²) in [6, 6.07) is 1.24. The zero-order chi connectivity index (χ0) is 11.3. The van der Waals surface area contributed by atoms with E-state index in [1.54, 1.807) is 0 Å². The van der Waals surface area contributed by atoms with Gasteiger partial charge in [0, 0.05) is 18.2 Å². The SMILES string of the molecule is CC(C)CCCC(=O)c1cncc(F)c1. The van der Waals surface area contributed by atoms with Crippen LogP contribution in [0.1, 0.15) is 43.5 Å². The second-order valence-corrected chi connectivity index (χ2v) is 4.10. The van der Waals surface area contributed by atoms with Crippen LogP contribution in [0.2, 0.25) is 0 Å². The third kappa shape index (κ3) is 4.19. The highest BCUT2D eigenvalue weighted by molar-refractivity contribution is 5.95. The molecule has 0 unspecified atom stereocenters. The molecule has 0 aromatic carbocycles. The number of hydrogen-bond donors (Lipinski definition) is 0. The molecule has 0 bridgehead atoms. The van der Waals surface area contributed by atoms with Gasteiger partial charge in [-0.25, -0.2) is 4.39 Å². The molecule has 0 aliphatic heterocycles. The minimum Gasteiger partial charge on any atom is -0.294 e. The van der Waals surface area contributed by atoms with Gasteiger partial charge in [-0.15, -0.1) is 0 Å². The molecule has 0 saturated heterocycles. The molecule has 0 aliphatic carbocycles. The average molecular weight is 209 g/mol. The van der Waals surface area contributed by atoms with E-state index in [-0.39, 0.29) is 5.78 Å². The first-order valence-corrected chi connectivity index (χ1v) is 5.23. The summed E-state index contributed by atoms with van der Waals surface area (Å²) in [5.74, 6) is 0.121. The Morgan fingerprint density at radius 1 is 1.47 bits per heavy atom. The van der Waals surface area contributed by atoms with Crippen molar-refractivity contribution in [3.63, 3.8) is 0 Å². The molecule has 0 radical (unpaired) electrons. The number of hydrogen-bond acceptors (Lipinski definition) is 2. The van der Waals surface area contributed by atoms with Crippen molar-refractivity contribution in [3.05, 3.63) is 29.8 Å². The Kier molecular flexibility index (Phi) is 4.40. The first-order valence-electron chi connectivity index (χ1n) is 5.23. The summed E-state index contributed by atoms with van der Waals surface area (Å²) in [4.78, 5) is 15.2. The van der Waals surface area contributed by atoms with Gasteiger partial charge < -0.3 is 0 Å². The smallest absolute Gasteiger partial charge is 0.164 e. The number of carbonyl (C=O) groups is 1. The van der Waals surface area contributed by atoms with Gasteiger partial charge in [0.25, 0.3) is 0 Å². The molecule has 0 aliphatic rings. The van der Waals surface area contributed by atoms with Gasteiger partial charge in [0.2, 0.25) is 0 Å². The largest absolute Gasteiger partial charge is 0.294 e. The van der Waals surface area contributed by atoms with Gasteiger partial charge in [0.05, 0.1) is 6.20 Å². The van der Waals surface area contributed by atoms with Crippen LogP contribution < -0.4 is 0 Å². The summed E-state index contributed by atoms with van der Waals surface area (Å²) in [5.41, 5.74) is 0.374. The minimum atomic E-state index is -0.454. The molecule has 0 fully saturated rings. The molecular weight excluding hydrogens is 193 g/mol. The molecule has 0 spiro atoms. The lowest BCUT2D eigenvalue weighted by Crippen LogP contribution is -2.01. The number of aromatic nitrogens is 1. The lowest BCUT2D eigenvalue weighted by molar-refractivity contribution is 0.0977. The fraction of sp³-hybridized carbons (Fsp3) is 0.500. The first-order chi connectivity index (χ1) is 7.09. The summed E-state index contributed by atoms with van der Waals surface area (Å²) in [7, 11) is 0. The molecule has 15 heavy (non-hydrogen) atoms. The second-order valence-electron chi connectivity index (χ2n) is 4.10. The Balaban J connectivity index is 2.47. The van der Waals surface area contributed by atoms with Crippen LogP contribution in [0.15, 0.2) is 18.5 Å². The number of rotatable bonds is 5. The van der Waals surface area contributed by atoms with Crippen LogP contribution in [0.5, 0.6) is 0 Å². The van der Waals surface area contributed by atoms with E-state index in [4.69, 9.17) is 0 Å². The van der Waals surface area contributed by atoms with E-state index in [9.17, 15) is 9.18 Å². The third-order valence-corrected chi connectivity index (χ3v) is 2.21. The number of carbonyl (C=O) groups excluding carboxylic acids is 1. The van der Waals surface area contributed by atoms with Gasteiger partial charge in [-0.3, -0.25) is 9.78 Å². The van der Waals surface area contributed by atoms with Crippen molar-refractivity contribution < 1.29 is 9.18 Å². The van der Waals surface area contributed by atoms with Gasteiger partial charge in [0.1, 0.15) is 5.82 Å². The number of Topliss-reactive ketones (excluding diaryl/α,β-unsaturated/α-hetero) is 1. The van der Waals surface area contributed by atoms with Crippen molar-refractivity contribution in [2.24, 2.45) is 5.92 Å². The molecule has 0 saturated carbocycles. The summed E-state index contributed by atoms with van der Waals surface area (Å²) in [6.07, 6.45) is 4.87. The zero-order valence-electron chi connectivity index (χ0n) is 9.16. The van der Waals surface area contributed by atoms with Crippen LogP contribution in [0.3, 0.4) is 0 Å². The average Bonchev–Trinajstić information content (AvgIpc) is 2.17. The molecule has 82 valence electrons. The normalized spacial score (nSPS) is 10.7.